The first-order valence-electron chi connectivity index (χ1n) is 11.7. The Balaban J connectivity index is 1.49. The standard InChI is InChI=1S/C28H26N4O2/c1-34-25-14-8-6-12-22(25)26-23(18-31(30-26)17-19-9-3-2-4-10-19)27-29-24-13-7-5-11-21(24)28(33)32(27)20-15-16-20/h2-14,18,20,27,29H,15-17H2,1H3/t27-/m1/s1. The van der Waals surface area contributed by atoms with E-state index in [-0.39, 0.29) is 18.1 Å². The molecular weight excluding hydrogens is 424 g/mol. The van der Waals surface area contributed by atoms with E-state index < -0.39 is 0 Å². The summed E-state index contributed by atoms with van der Waals surface area (Å²) in [7, 11) is 1.68. The number of para-hydroxylation sites is 2. The van der Waals surface area contributed by atoms with E-state index in [1.54, 1.807) is 7.11 Å². The largest absolute Gasteiger partial charge is 0.496 e. The Hall–Kier alpha value is -4.06. The van der Waals surface area contributed by atoms with Crippen molar-refractivity contribution in [3.63, 3.8) is 0 Å². The molecule has 0 unspecified atom stereocenters. The molecule has 2 heterocycles. The van der Waals surface area contributed by atoms with Crippen LogP contribution in [-0.4, -0.2) is 33.7 Å². The van der Waals surface area contributed by atoms with Crippen molar-refractivity contribution in [2.24, 2.45) is 0 Å². The van der Waals surface area contributed by atoms with Gasteiger partial charge >= 0.3 is 0 Å². The number of hydrogen-bond acceptors (Lipinski definition) is 4. The number of benzene rings is 3. The SMILES string of the molecule is COc1ccccc1-c1nn(Cc2ccccc2)cc1[C@@H]1Nc2ccccc2C(=O)N1C1CC1. The van der Waals surface area contributed by atoms with Crippen LogP contribution in [0.3, 0.4) is 0 Å². The van der Waals surface area contributed by atoms with Crippen LogP contribution in [-0.2, 0) is 6.54 Å². The number of nitrogens with one attached hydrogen (secondary N) is 1. The van der Waals surface area contributed by atoms with Crippen molar-refractivity contribution < 1.29 is 9.53 Å². The second-order valence-electron chi connectivity index (χ2n) is 8.85. The molecule has 3 aromatic carbocycles. The van der Waals surface area contributed by atoms with Crippen LogP contribution < -0.4 is 10.1 Å². The monoisotopic (exact) mass is 450 g/mol. The lowest BCUT2D eigenvalue weighted by Crippen LogP contribution is -2.44. The van der Waals surface area contributed by atoms with Crippen molar-refractivity contribution in [1.82, 2.24) is 14.7 Å². The molecule has 1 aliphatic carbocycles. The number of fused-ring (bicyclic) bond motifs is 1. The van der Waals surface area contributed by atoms with Crippen LogP contribution >= 0.6 is 0 Å². The fourth-order valence-corrected chi connectivity index (χ4v) is 4.76. The Bertz CT molecular complexity index is 1340. The summed E-state index contributed by atoms with van der Waals surface area (Å²) in [5.41, 5.74) is 5.45. The number of nitrogens with zero attached hydrogens (tertiary/aromatic N) is 3. The minimum Gasteiger partial charge on any atom is -0.496 e. The first-order chi connectivity index (χ1) is 16.7. The number of hydrogen-bond donors (Lipinski definition) is 1. The number of carbonyl (C=O) groups is 1. The second-order valence-corrected chi connectivity index (χ2v) is 8.85. The molecule has 6 heteroatoms. The van der Waals surface area contributed by atoms with Gasteiger partial charge < -0.3 is 15.0 Å². The van der Waals surface area contributed by atoms with Gasteiger partial charge in [-0.2, -0.15) is 5.10 Å². The molecule has 0 spiro atoms. The number of amides is 1. The highest BCUT2D eigenvalue weighted by Gasteiger charge is 2.43. The highest BCUT2D eigenvalue weighted by molar-refractivity contribution is 6.02. The molecule has 0 saturated heterocycles. The maximum Gasteiger partial charge on any atom is 0.258 e. The highest BCUT2D eigenvalue weighted by atomic mass is 16.5. The smallest absolute Gasteiger partial charge is 0.258 e. The van der Waals surface area contributed by atoms with Crippen molar-refractivity contribution >= 4 is 11.6 Å². The Kier molecular flexibility index (Phi) is 5.06. The highest BCUT2D eigenvalue weighted by Crippen LogP contribution is 2.44. The van der Waals surface area contributed by atoms with Gasteiger partial charge in [0.2, 0.25) is 0 Å². The number of rotatable bonds is 6. The van der Waals surface area contributed by atoms with E-state index >= 15 is 0 Å². The van der Waals surface area contributed by atoms with E-state index in [4.69, 9.17) is 9.84 Å². The van der Waals surface area contributed by atoms with Gasteiger partial charge in [0.1, 0.15) is 17.6 Å². The van der Waals surface area contributed by atoms with Crippen LogP contribution in [0.15, 0.2) is 85.1 Å². The number of ether oxygens (including phenoxy) is 1. The van der Waals surface area contributed by atoms with Gasteiger partial charge in [-0.1, -0.05) is 54.6 Å². The van der Waals surface area contributed by atoms with Gasteiger partial charge in [-0.3, -0.25) is 9.48 Å². The summed E-state index contributed by atoms with van der Waals surface area (Å²) < 4.78 is 7.65. The predicted molar refractivity (Wildman–Crippen MR) is 132 cm³/mol. The fraction of sp³-hybridized carbons (Fsp3) is 0.214. The number of carbonyl (C=O) groups excluding carboxylic acids is 1. The topological polar surface area (TPSA) is 59.4 Å². The van der Waals surface area contributed by atoms with E-state index in [0.717, 1.165) is 46.7 Å². The third kappa shape index (κ3) is 3.61. The van der Waals surface area contributed by atoms with E-state index in [0.29, 0.717) is 6.54 Å². The molecule has 1 atom stereocenters. The van der Waals surface area contributed by atoms with Crippen molar-refractivity contribution in [3.8, 4) is 17.0 Å². The van der Waals surface area contributed by atoms with Crippen LogP contribution in [0.2, 0.25) is 0 Å². The van der Waals surface area contributed by atoms with Gasteiger partial charge in [-0.05, 0) is 42.7 Å². The quantitative estimate of drug-likeness (QED) is 0.431. The van der Waals surface area contributed by atoms with Gasteiger partial charge in [0.05, 0.1) is 19.2 Å². The van der Waals surface area contributed by atoms with Crippen LogP contribution in [0.25, 0.3) is 11.3 Å². The summed E-state index contributed by atoms with van der Waals surface area (Å²) in [5.74, 6) is 0.831. The minimum atomic E-state index is -0.306. The van der Waals surface area contributed by atoms with Crippen molar-refractivity contribution in [3.05, 3.63) is 102 Å². The Morgan fingerprint density at radius 1 is 0.941 bits per heavy atom. The first kappa shape index (κ1) is 20.5. The van der Waals surface area contributed by atoms with Crippen LogP contribution in [0.1, 0.15) is 40.5 Å². The molecule has 1 fully saturated rings. The zero-order valence-electron chi connectivity index (χ0n) is 19.0. The summed E-state index contributed by atoms with van der Waals surface area (Å²) in [6.45, 7) is 0.643. The van der Waals surface area contributed by atoms with E-state index in [2.05, 4.69) is 23.6 Å². The maximum atomic E-state index is 13.6. The molecule has 0 radical (unpaired) electrons. The van der Waals surface area contributed by atoms with Crippen LogP contribution in [0.5, 0.6) is 5.75 Å². The van der Waals surface area contributed by atoms with Gasteiger partial charge in [0.25, 0.3) is 5.91 Å². The molecule has 1 aliphatic heterocycles. The van der Waals surface area contributed by atoms with Gasteiger partial charge in [0, 0.05) is 29.1 Å². The van der Waals surface area contributed by atoms with Gasteiger partial charge in [-0.15, -0.1) is 0 Å². The molecule has 34 heavy (non-hydrogen) atoms. The molecular formula is C28H26N4O2. The fourth-order valence-electron chi connectivity index (χ4n) is 4.76. The number of aromatic nitrogens is 2. The lowest BCUT2D eigenvalue weighted by atomic mass is 10.0. The first-order valence-corrected chi connectivity index (χ1v) is 11.7. The molecule has 1 amide bonds. The summed E-state index contributed by atoms with van der Waals surface area (Å²) in [4.78, 5) is 15.6. The van der Waals surface area contributed by atoms with Crippen LogP contribution in [0, 0.1) is 0 Å². The molecule has 1 aromatic heterocycles. The predicted octanol–water partition coefficient (Wildman–Crippen LogP) is 5.34. The summed E-state index contributed by atoms with van der Waals surface area (Å²) in [5, 5.41) is 8.66. The molecule has 170 valence electrons. The molecule has 1 saturated carbocycles. The Morgan fingerprint density at radius 2 is 1.65 bits per heavy atom. The van der Waals surface area contributed by atoms with Crippen molar-refractivity contribution in [1.29, 1.82) is 0 Å². The molecule has 4 aromatic rings. The second kappa shape index (κ2) is 8.37. The molecule has 6 rings (SSSR count). The minimum absolute atomic E-state index is 0.0728. The van der Waals surface area contributed by atoms with Gasteiger partial charge in [0.15, 0.2) is 0 Å². The molecule has 0 bridgehead atoms. The average molecular weight is 451 g/mol. The van der Waals surface area contributed by atoms with Gasteiger partial charge in [-0.25, -0.2) is 0 Å². The van der Waals surface area contributed by atoms with Crippen molar-refractivity contribution in [2.75, 3.05) is 12.4 Å². The lowest BCUT2D eigenvalue weighted by molar-refractivity contribution is 0.0667. The number of methoxy groups -OCH3 is 1. The average Bonchev–Trinajstić information content (AvgIpc) is 3.63. The summed E-state index contributed by atoms with van der Waals surface area (Å²) in [6, 6.07) is 26.2. The lowest BCUT2D eigenvalue weighted by Gasteiger charge is -2.38. The van der Waals surface area contributed by atoms with E-state index in [1.807, 2.05) is 76.3 Å². The Morgan fingerprint density at radius 3 is 2.41 bits per heavy atom. The zero-order chi connectivity index (χ0) is 23.1. The molecule has 1 N–H and O–H groups in total. The summed E-state index contributed by atoms with van der Waals surface area (Å²) in [6.07, 6.45) is 3.81. The van der Waals surface area contributed by atoms with Crippen molar-refractivity contribution in [2.45, 2.75) is 31.6 Å². The third-order valence-corrected chi connectivity index (χ3v) is 6.54. The van der Waals surface area contributed by atoms with Crippen LogP contribution in [0.4, 0.5) is 5.69 Å². The Labute approximate surface area is 198 Å². The zero-order valence-corrected chi connectivity index (χ0v) is 19.0. The van der Waals surface area contributed by atoms with E-state index in [1.165, 1.54) is 5.56 Å². The normalized spacial score (nSPS) is 17.3. The molecule has 2 aliphatic rings. The third-order valence-electron chi connectivity index (χ3n) is 6.54. The summed E-state index contributed by atoms with van der Waals surface area (Å²) >= 11 is 0. The van der Waals surface area contributed by atoms with E-state index in [9.17, 15) is 4.79 Å². The number of anilines is 1. The molecule has 6 nitrogen and oxygen atoms in total. The maximum absolute atomic E-state index is 13.6.